The molecule has 2 aromatic carbocycles. The number of para-hydroxylation sites is 2. The lowest BCUT2D eigenvalue weighted by molar-refractivity contribution is 0.0955. The summed E-state index contributed by atoms with van der Waals surface area (Å²) in [6.07, 6.45) is 7.09. The van der Waals surface area contributed by atoms with E-state index in [1.165, 1.54) is 17.5 Å². The average Bonchev–Trinajstić information content (AvgIpc) is 3.08. The third kappa shape index (κ3) is 4.95. The van der Waals surface area contributed by atoms with E-state index in [4.69, 9.17) is 5.73 Å². The van der Waals surface area contributed by atoms with Gasteiger partial charge in [-0.15, -0.1) is 0 Å². The van der Waals surface area contributed by atoms with Crippen LogP contribution in [-0.2, 0) is 0 Å². The second-order valence-corrected chi connectivity index (χ2v) is 7.97. The summed E-state index contributed by atoms with van der Waals surface area (Å²) in [5, 5.41) is 17.1. The molecule has 4 N–H and O–H groups in total. The zero-order valence-corrected chi connectivity index (χ0v) is 18.7. The number of amides is 1. The van der Waals surface area contributed by atoms with E-state index in [0.717, 1.165) is 19.3 Å². The van der Waals surface area contributed by atoms with Gasteiger partial charge in [0.2, 0.25) is 0 Å². The van der Waals surface area contributed by atoms with E-state index in [9.17, 15) is 9.90 Å². The Kier molecular flexibility index (Phi) is 6.83. The first-order chi connectivity index (χ1) is 16.1. The van der Waals surface area contributed by atoms with Crippen LogP contribution in [0.5, 0.6) is 5.75 Å². The van der Waals surface area contributed by atoms with Crippen molar-refractivity contribution in [2.45, 2.75) is 39.0 Å². The second kappa shape index (κ2) is 10.1. The molecule has 4 aromatic rings. The van der Waals surface area contributed by atoms with E-state index in [0.29, 0.717) is 34.3 Å². The number of rotatable bonds is 9. The Morgan fingerprint density at radius 2 is 1.85 bits per heavy atom. The Labute approximate surface area is 192 Å². The van der Waals surface area contributed by atoms with Crippen molar-refractivity contribution < 1.29 is 9.90 Å². The van der Waals surface area contributed by atoms with Crippen LogP contribution in [0.25, 0.3) is 22.2 Å². The van der Waals surface area contributed by atoms with E-state index in [1.54, 1.807) is 30.5 Å². The minimum Gasteiger partial charge on any atom is -0.508 e. The number of unbranched alkanes of at least 4 members (excludes halogenated alkanes) is 4. The van der Waals surface area contributed by atoms with Crippen LogP contribution in [0.1, 0.15) is 54.9 Å². The minimum absolute atomic E-state index is 0.133. The maximum atomic E-state index is 13.1. The number of phenolic OH excluding ortho intramolecular Hbond substituents is 1. The summed E-state index contributed by atoms with van der Waals surface area (Å²) in [7, 11) is 0. The number of nitrogens with two attached hydrogens (primary N) is 1. The van der Waals surface area contributed by atoms with Crippen LogP contribution < -0.4 is 11.1 Å². The molecule has 0 aliphatic carbocycles. The molecule has 2 aromatic heterocycles. The smallest absolute Gasteiger partial charge is 0.257 e. The molecule has 0 saturated carbocycles. The van der Waals surface area contributed by atoms with Crippen molar-refractivity contribution in [3.63, 3.8) is 0 Å². The van der Waals surface area contributed by atoms with Crippen LogP contribution >= 0.6 is 0 Å². The van der Waals surface area contributed by atoms with Crippen molar-refractivity contribution in [1.29, 1.82) is 0 Å². The first-order valence-corrected chi connectivity index (χ1v) is 11.3. The van der Waals surface area contributed by atoms with Gasteiger partial charge in [-0.25, -0.2) is 9.97 Å². The second-order valence-electron chi connectivity index (χ2n) is 7.97. The number of hydrogen-bond acceptors (Lipinski definition) is 6. The van der Waals surface area contributed by atoms with E-state index < -0.39 is 0 Å². The molecule has 0 saturated heterocycles. The summed E-state index contributed by atoms with van der Waals surface area (Å²) < 4.78 is 1.43. The molecule has 0 aliphatic rings. The maximum absolute atomic E-state index is 13.1. The molecular formula is C25H28N6O2. The Morgan fingerprint density at radius 1 is 1.09 bits per heavy atom. The lowest BCUT2D eigenvalue weighted by atomic mass is 10.1. The molecular weight excluding hydrogens is 416 g/mol. The van der Waals surface area contributed by atoms with Gasteiger partial charge in [-0.1, -0.05) is 56.9 Å². The quantitative estimate of drug-likeness (QED) is 0.260. The van der Waals surface area contributed by atoms with Crippen LogP contribution in [0.4, 0.5) is 5.82 Å². The molecule has 1 amide bonds. The predicted octanol–water partition coefficient (Wildman–Crippen LogP) is 4.45. The van der Waals surface area contributed by atoms with E-state index in [2.05, 4.69) is 27.3 Å². The van der Waals surface area contributed by atoms with Crippen molar-refractivity contribution in [3.05, 3.63) is 59.7 Å². The molecule has 0 unspecified atom stereocenters. The van der Waals surface area contributed by atoms with Crippen molar-refractivity contribution >= 4 is 40.1 Å². The number of hydrogen-bond donors (Lipinski definition) is 3. The van der Waals surface area contributed by atoms with Gasteiger partial charge in [0, 0.05) is 6.54 Å². The van der Waals surface area contributed by atoms with E-state index in [1.807, 2.05) is 24.3 Å². The topological polar surface area (TPSA) is 118 Å². The van der Waals surface area contributed by atoms with E-state index >= 15 is 0 Å². The zero-order valence-electron chi connectivity index (χ0n) is 18.7. The maximum Gasteiger partial charge on any atom is 0.257 e. The number of carbonyl (C=O) groups excluding carboxylic acids is 1. The van der Waals surface area contributed by atoms with Crippen LogP contribution in [0.2, 0.25) is 0 Å². The highest BCUT2D eigenvalue weighted by molar-refractivity contribution is 6.10. The number of phenols is 1. The standard InChI is InChI=1S/C25H28N6O2/c1-2-3-4-5-8-14-27-25(33)21-22-24(30-20-13-7-6-12-19(20)29-22)31(23(21)26)28-16-17-10-9-11-18(32)15-17/h6-7,9-13,15-16,32H,2-5,8,14,26H2,1H3,(H,27,33). The molecule has 0 radical (unpaired) electrons. The van der Waals surface area contributed by atoms with Crippen molar-refractivity contribution in [2.24, 2.45) is 5.10 Å². The van der Waals surface area contributed by atoms with Gasteiger partial charge in [-0.2, -0.15) is 9.78 Å². The largest absolute Gasteiger partial charge is 0.508 e. The number of fused-ring (bicyclic) bond motifs is 2. The number of anilines is 1. The van der Waals surface area contributed by atoms with Gasteiger partial charge in [-0.05, 0) is 36.2 Å². The monoisotopic (exact) mass is 444 g/mol. The first kappa shape index (κ1) is 22.3. The SMILES string of the molecule is CCCCCCCNC(=O)c1c(N)n(N=Cc2cccc(O)c2)c2nc3ccccc3nc12. The predicted molar refractivity (Wildman–Crippen MR) is 132 cm³/mol. The van der Waals surface area contributed by atoms with Crippen molar-refractivity contribution in [1.82, 2.24) is 20.0 Å². The number of aromatic nitrogens is 3. The summed E-state index contributed by atoms with van der Waals surface area (Å²) in [5.41, 5.74) is 9.51. The molecule has 33 heavy (non-hydrogen) atoms. The van der Waals surface area contributed by atoms with Crippen LogP contribution in [0.15, 0.2) is 53.6 Å². The Hall–Kier alpha value is -3.94. The van der Waals surface area contributed by atoms with Gasteiger partial charge in [-0.3, -0.25) is 4.79 Å². The third-order valence-corrected chi connectivity index (χ3v) is 5.46. The fourth-order valence-electron chi connectivity index (χ4n) is 3.74. The molecule has 0 spiro atoms. The summed E-state index contributed by atoms with van der Waals surface area (Å²) in [5.74, 6) is 0.0122. The minimum atomic E-state index is -0.288. The first-order valence-electron chi connectivity index (χ1n) is 11.3. The molecule has 8 nitrogen and oxygen atoms in total. The number of nitrogens with one attached hydrogen (secondary N) is 1. The molecule has 0 bridgehead atoms. The Balaban J connectivity index is 1.70. The Morgan fingerprint density at radius 3 is 2.61 bits per heavy atom. The number of benzene rings is 2. The molecule has 4 rings (SSSR count). The zero-order chi connectivity index (χ0) is 23.2. The highest BCUT2D eigenvalue weighted by atomic mass is 16.3. The van der Waals surface area contributed by atoms with Gasteiger partial charge in [0.1, 0.15) is 22.6 Å². The summed E-state index contributed by atoms with van der Waals surface area (Å²) in [4.78, 5) is 22.4. The molecule has 0 aliphatic heterocycles. The van der Waals surface area contributed by atoms with E-state index in [-0.39, 0.29) is 23.0 Å². The summed E-state index contributed by atoms with van der Waals surface area (Å²) in [6.45, 7) is 2.75. The van der Waals surface area contributed by atoms with Gasteiger partial charge in [0.25, 0.3) is 5.91 Å². The summed E-state index contributed by atoms with van der Waals surface area (Å²) in [6, 6.07) is 14.1. The fourth-order valence-corrected chi connectivity index (χ4v) is 3.74. The molecule has 0 atom stereocenters. The molecule has 8 heteroatoms. The number of carbonyl (C=O) groups is 1. The Bertz CT molecular complexity index is 1310. The van der Waals surface area contributed by atoms with Gasteiger partial charge in [0.05, 0.1) is 17.2 Å². The van der Waals surface area contributed by atoms with Crippen LogP contribution in [-0.4, -0.2) is 38.4 Å². The molecule has 0 fully saturated rings. The van der Waals surface area contributed by atoms with Crippen LogP contribution in [0, 0.1) is 0 Å². The fraction of sp³-hybridized carbons (Fsp3) is 0.280. The number of nitrogens with zero attached hydrogens (tertiary/aromatic N) is 4. The molecule has 170 valence electrons. The lowest BCUT2D eigenvalue weighted by Crippen LogP contribution is -2.25. The normalized spacial score (nSPS) is 11.5. The number of nitrogen functional groups attached to an aromatic ring is 1. The van der Waals surface area contributed by atoms with Gasteiger partial charge >= 0.3 is 0 Å². The highest BCUT2D eigenvalue weighted by Crippen LogP contribution is 2.28. The third-order valence-electron chi connectivity index (χ3n) is 5.46. The highest BCUT2D eigenvalue weighted by Gasteiger charge is 2.23. The van der Waals surface area contributed by atoms with Crippen molar-refractivity contribution in [2.75, 3.05) is 12.3 Å². The average molecular weight is 445 g/mol. The van der Waals surface area contributed by atoms with Crippen LogP contribution in [0.3, 0.4) is 0 Å². The summed E-state index contributed by atoms with van der Waals surface area (Å²) >= 11 is 0. The van der Waals surface area contributed by atoms with Gasteiger partial charge < -0.3 is 16.2 Å². The van der Waals surface area contributed by atoms with Gasteiger partial charge in [0.15, 0.2) is 5.65 Å². The lowest BCUT2D eigenvalue weighted by Gasteiger charge is -2.05. The number of aromatic hydroxyl groups is 1. The van der Waals surface area contributed by atoms with Crippen molar-refractivity contribution in [3.8, 4) is 5.75 Å². The molecule has 2 heterocycles.